The van der Waals surface area contributed by atoms with Gasteiger partial charge in [-0.15, -0.1) is 0 Å². The molecule has 1 aromatic heterocycles. The lowest BCUT2D eigenvalue weighted by Crippen LogP contribution is -2.26. The minimum atomic E-state index is -0.920. The molecular weight excluding hydrogens is 264 g/mol. The summed E-state index contributed by atoms with van der Waals surface area (Å²) >= 11 is 0. The molecule has 0 bridgehead atoms. The van der Waals surface area contributed by atoms with Crippen LogP contribution in [0.4, 0.5) is 11.5 Å². The summed E-state index contributed by atoms with van der Waals surface area (Å²) in [6.45, 7) is 0. The first-order valence-electron chi connectivity index (χ1n) is 6.05. The van der Waals surface area contributed by atoms with Gasteiger partial charge in [-0.25, -0.2) is 4.98 Å². The van der Waals surface area contributed by atoms with E-state index in [0.717, 1.165) is 12.8 Å². The largest absolute Gasteiger partial charge is 0.481 e. The summed E-state index contributed by atoms with van der Waals surface area (Å²) in [5.74, 6) is -0.365. The fourth-order valence-corrected chi connectivity index (χ4v) is 1.97. The monoisotopic (exact) mass is 276 g/mol. The minimum absolute atomic E-state index is 0.0504. The van der Waals surface area contributed by atoms with Gasteiger partial charge in [0.15, 0.2) is 0 Å². The molecule has 2 rings (SSSR count). The number of aromatic nitrogens is 1. The van der Waals surface area contributed by atoms with Gasteiger partial charge < -0.3 is 10.4 Å². The maximum Gasteiger partial charge on any atom is 0.305 e. The van der Waals surface area contributed by atoms with E-state index in [2.05, 4.69) is 10.3 Å². The normalized spacial score (nSPS) is 15.2. The lowest BCUT2D eigenvalue weighted by atomic mass is 10.1. The van der Waals surface area contributed by atoms with Crippen LogP contribution in [0.25, 0.3) is 0 Å². The van der Waals surface area contributed by atoms with Gasteiger partial charge in [0.1, 0.15) is 11.9 Å². The fourth-order valence-electron chi connectivity index (χ4n) is 1.97. The Balaban J connectivity index is 2.18. The minimum Gasteiger partial charge on any atom is -0.481 e. The van der Waals surface area contributed by atoms with Gasteiger partial charge in [0.05, 0.1) is 11.3 Å². The molecule has 104 valence electrons. The third kappa shape index (κ3) is 3.20. The second kappa shape index (κ2) is 5.52. The van der Waals surface area contributed by atoms with Crippen LogP contribution < -0.4 is 5.32 Å². The molecule has 0 aromatic carbocycles. The first-order chi connectivity index (χ1) is 9.51. The van der Waals surface area contributed by atoms with Crippen LogP contribution in [0.5, 0.6) is 0 Å². The van der Waals surface area contributed by atoms with Gasteiger partial charge in [0.25, 0.3) is 0 Å². The SMILES string of the molecule is N#Cc1nc(NC(CC(=O)O)C2CC2)ccc1[N+](=O)[O-]. The van der Waals surface area contributed by atoms with Crippen molar-refractivity contribution in [3.05, 3.63) is 27.9 Å². The smallest absolute Gasteiger partial charge is 0.305 e. The van der Waals surface area contributed by atoms with Gasteiger partial charge >= 0.3 is 11.7 Å². The summed E-state index contributed by atoms with van der Waals surface area (Å²) in [6, 6.07) is 3.97. The molecule has 0 amide bonds. The van der Waals surface area contributed by atoms with Crippen molar-refractivity contribution < 1.29 is 14.8 Å². The average molecular weight is 276 g/mol. The second-order valence-corrected chi connectivity index (χ2v) is 4.62. The molecule has 1 aliphatic rings. The molecule has 2 N–H and O–H groups in total. The lowest BCUT2D eigenvalue weighted by molar-refractivity contribution is -0.385. The number of carboxylic acids is 1. The first-order valence-corrected chi connectivity index (χ1v) is 6.05. The molecule has 8 heteroatoms. The highest BCUT2D eigenvalue weighted by atomic mass is 16.6. The number of nitriles is 1. The Morgan fingerprint density at radius 1 is 1.65 bits per heavy atom. The van der Waals surface area contributed by atoms with Gasteiger partial charge in [0.2, 0.25) is 5.69 Å². The van der Waals surface area contributed by atoms with E-state index in [9.17, 15) is 14.9 Å². The van der Waals surface area contributed by atoms with Crippen molar-refractivity contribution in [3.63, 3.8) is 0 Å². The van der Waals surface area contributed by atoms with E-state index in [1.54, 1.807) is 6.07 Å². The number of hydrogen-bond donors (Lipinski definition) is 2. The van der Waals surface area contributed by atoms with Crippen LogP contribution in [0.15, 0.2) is 12.1 Å². The van der Waals surface area contributed by atoms with Crippen LogP contribution in [0.3, 0.4) is 0 Å². The van der Waals surface area contributed by atoms with Crippen molar-refractivity contribution in [1.29, 1.82) is 5.26 Å². The van der Waals surface area contributed by atoms with Gasteiger partial charge in [-0.05, 0) is 24.8 Å². The zero-order valence-corrected chi connectivity index (χ0v) is 10.4. The topological polar surface area (TPSA) is 129 Å². The molecule has 0 saturated heterocycles. The van der Waals surface area contributed by atoms with E-state index in [1.165, 1.54) is 12.1 Å². The second-order valence-electron chi connectivity index (χ2n) is 4.62. The van der Waals surface area contributed by atoms with E-state index in [4.69, 9.17) is 10.4 Å². The third-order valence-corrected chi connectivity index (χ3v) is 3.10. The first kappa shape index (κ1) is 13.7. The Hall–Kier alpha value is -2.69. The number of carbonyl (C=O) groups is 1. The van der Waals surface area contributed by atoms with Gasteiger partial charge in [-0.1, -0.05) is 0 Å². The van der Waals surface area contributed by atoms with Crippen molar-refractivity contribution in [1.82, 2.24) is 4.98 Å². The number of anilines is 1. The maximum atomic E-state index is 10.8. The van der Waals surface area contributed by atoms with Gasteiger partial charge in [-0.3, -0.25) is 14.9 Å². The number of pyridine rings is 1. The van der Waals surface area contributed by atoms with Gasteiger partial charge in [0, 0.05) is 12.1 Å². The quantitative estimate of drug-likeness (QED) is 0.595. The summed E-state index contributed by atoms with van der Waals surface area (Å²) < 4.78 is 0. The molecular formula is C12H12N4O4. The highest BCUT2D eigenvalue weighted by Gasteiger charge is 2.33. The molecule has 1 unspecified atom stereocenters. The van der Waals surface area contributed by atoms with Crippen molar-refractivity contribution in [2.24, 2.45) is 5.92 Å². The number of nitro groups is 1. The van der Waals surface area contributed by atoms with Crippen molar-refractivity contribution >= 4 is 17.5 Å². The van der Waals surface area contributed by atoms with Crippen LogP contribution in [0.1, 0.15) is 25.0 Å². The number of nitrogens with zero attached hydrogens (tertiary/aromatic N) is 3. The molecule has 20 heavy (non-hydrogen) atoms. The van der Waals surface area contributed by atoms with E-state index < -0.39 is 10.9 Å². The van der Waals surface area contributed by atoms with E-state index in [1.807, 2.05) is 0 Å². The number of hydrogen-bond acceptors (Lipinski definition) is 6. The number of nitrogens with one attached hydrogen (secondary N) is 1. The van der Waals surface area contributed by atoms with Gasteiger partial charge in [-0.2, -0.15) is 5.26 Å². The third-order valence-electron chi connectivity index (χ3n) is 3.10. The molecule has 0 radical (unpaired) electrons. The Bertz CT molecular complexity index is 592. The van der Waals surface area contributed by atoms with Crippen LogP contribution in [-0.4, -0.2) is 27.0 Å². The standard InChI is InChI=1S/C12H12N4O4/c13-6-9-10(16(19)20)3-4-11(15-9)14-8(5-12(17)18)7-1-2-7/h3-4,7-8H,1-2,5H2,(H,14,15)(H,17,18). The summed E-state index contributed by atoms with van der Waals surface area (Å²) in [5.41, 5.74) is -0.649. The highest BCUT2D eigenvalue weighted by molar-refractivity contribution is 5.68. The Morgan fingerprint density at radius 3 is 2.85 bits per heavy atom. The summed E-state index contributed by atoms with van der Waals surface area (Å²) in [4.78, 5) is 24.7. The van der Waals surface area contributed by atoms with E-state index in [-0.39, 0.29) is 35.6 Å². The zero-order chi connectivity index (χ0) is 14.7. The summed E-state index contributed by atoms with van der Waals surface area (Å²) in [6.07, 6.45) is 1.84. The van der Waals surface area contributed by atoms with E-state index in [0.29, 0.717) is 0 Å². The molecule has 1 fully saturated rings. The Morgan fingerprint density at radius 2 is 2.35 bits per heavy atom. The van der Waals surface area contributed by atoms with Crippen LogP contribution >= 0.6 is 0 Å². The van der Waals surface area contributed by atoms with E-state index >= 15 is 0 Å². The molecule has 1 heterocycles. The molecule has 1 atom stereocenters. The summed E-state index contributed by atoms with van der Waals surface area (Å²) in [7, 11) is 0. The molecule has 0 aliphatic heterocycles. The Labute approximate surface area is 114 Å². The molecule has 1 saturated carbocycles. The fraction of sp³-hybridized carbons (Fsp3) is 0.417. The molecule has 8 nitrogen and oxygen atoms in total. The predicted molar refractivity (Wildman–Crippen MR) is 68.0 cm³/mol. The molecule has 1 aliphatic carbocycles. The zero-order valence-electron chi connectivity index (χ0n) is 10.4. The van der Waals surface area contributed by atoms with Crippen molar-refractivity contribution in [2.75, 3.05) is 5.32 Å². The lowest BCUT2D eigenvalue weighted by Gasteiger charge is -2.16. The number of rotatable bonds is 6. The van der Waals surface area contributed by atoms with Crippen molar-refractivity contribution in [2.45, 2.75) is 25.3 Å². The average Bonchev–Trinajstić information content (AvgIpc) is 3.21. The van der Waals surface area contributed by atoms with Crippen LogP contribution in [0.2, 0.25) is 0 Å². The molecule has 0 spiro atoms. The van der Waals surface area contributed by atoms with Crippen molar-refractivity contribution in [3.8, 4) is 6.07 Å². The van der Waals surface area contributed by atoms with Crippen LogP contribution in [0, 0.1) is 27.4 Å². The van der Waals surface area contributed by atoms with Crippen LogP contribution in [-0.2, 0) is 4.79 Å². The Kier molecular flexibility index (Phi) is 3.79. The summed E-state index contributed by atoms with van der Waals surface area (Å²) in [5, 5.41) is 31.3. The number of carboxylic acid groups (broad SMARTS) is 1. The highest BCUT2D eigenvalue weighted by Crippen LogP contribution is 2.35. The maximum absolute atomic E-state index is 10.8. The number of aliphatic carboxylic acids is 1. The molecule has 1 aromatic rings. The predicted octanol–water partition coefficient (Wildman–Crippen LogP) is 1.53.